The molecule has 1 aromatic heterocycles. The Hall–Kier alpha value is -1.60. The molecule has 3 nitrogen and oxygen atoms in total. The highest BCUT2D eigenvalue weighted by atomic mass is 32.1. The van der Waals surface area contributed by atoms with Crippen molar-refractivity contribution in [3.8, 4) is 6.19 Å². The van der Waals surface area contributed by atoms with Gasteiger partial charge < -0.3 is 0 Å². The summed E-state index contributed by atoms with van der Waals surface area (Å²) in [6, 6.07) is 5.65. The molecule has 2 rings (SSSR count). The number of anilines is 1. The van der Waals surface area contributed by atoms with Crippen molar-refractivity contribution in [3.63, 3.8) is 0 Å². The normalized spacial score (nSPS) is 9.58. The quantitative estimate of drug-likeness (QED) is 0.534. The first-order valence-electron chi connectivity index (χ1n) is 3.38. The van der Waals surface area contributed by atoms with E-state index >= 15 is 0 Å². The van der Waals surface area contributed by atoms with Crippen LogP contribution in [0, 0.1) is 11.5 Å². The topological polar surface area (TPSA) is 48.7 Å². The molecular formula is C8H5N3S. The highest BCUT2D eigenvalue weighted by Crippen LogP contribution is 2.21. The summed E-state index contributed by atoms with van der Waals surface area (Å²) in [5, 5.41) is 10.9. The van der Waals surface area contributed by atoms with Crippen LogP contribution in [0.3, 0.4) is 0 Å². The van der Waals surface area contributed by atoms with E-state index in [1.54, 1.807) is 16.8 Å². The van der Waals surface area contributed by atoms with E-state index in [4.69, 9.17) is 5.26 Å². The van der Waals surface area contributed by atoms with E-state index in [0.29, 0.717) is 0 Å². The molecule has 0 aliphatic carbocycles. The number of nitriles is 1. The van der Waals surface area contributed by atoms with Crippen molar-refractivity contribution in [1.82, 2.24) is 4.98 Å². The molecule has 0 fully saturated rings. The maximum atomic E-state index is 8.37. The zero-order valence-electron chi connectivity index (χ0n) is 6.11. The molecule has 12 heavy (non-hydrogen) atoms. The predicted octanol–water partition coefficient (Wildman–Crippen LogP) is 2.19. The average molecular weight is 175 g/mol. The van der Waals surface area contributed by atoms with Crippen LogP contribution >= 0.6 is 11.3 Å². The van der Waals surface area contributed by atoms with Crippen LogP contribution in [-0.4, -0.2) is 4.98 Å². The molecule has 1 aromatic carbocycles. The number of hydrogen-bond acceptors (Lipinski definition) is 4. The van der Waals surface area contributed by atoms with Crippen LogP contribution < -0.4 is 5.32 Å². The summed E-state index contributed by atoms with van der Waals surface area (Å²) in [6.45, 7) is 0. The maximum absolute atomic E-state index is 8.37. The SMILES string of the molecule is N#CNc1ccc2ncsc2c1. The zero-order chi connectivity index (χ0) is 8.39. The summed E-state index contributed by atoms with van der Waals surface area (Å²) in [5.74, 6) is 0. The van der Waals surface area contributed by atoms with E-state index in [1.807, 2.05) is 24.4 Å². The molecular weight excluding hydrogens is 170 g/mol. The van der Waals surface area contributed by atoms with Gasteiger partial charge in [0, 0.05) is 5.69 Å². The second-order valence-electron chi connectivity index (χ2n) is 2.27. The van der Waals surface area contributed by atoms with Gasteiger partial charge in [0.25, 0.3) is 0 Å². The van der Waals surface area contributed by atoms with Gasteiger partial charge in [0.15, 0.2) is 6.19 Å². The van der Waals surface area contributed by atoms with Crippen molar-refractivity contribution < 1.29 is 0 Å². The van der Waals surface area contributed by atoms with Gasteiger partial charge in [0.05, 0.1) is 15.7 Å². The molecule has 0 atom stereocenters. The van der Waals surface area contributed by atoms with Crippen LogP contribution in [0.15, 0.2) is 23.7 Å². The minimum Gasteiger partial charge on any atom is -0.293 e. The van der Waals surface area contributed by atoms with E-state index in [2.05, 4.69) is 10.3 Å². The fraction of sp³-hybridized carbons (Fsp3) is 0. The lowest BCUT2D eigenvalue weighted by atomic mass is 10.3. The predicted molar refractivity (Wildman–Crippen MR) is 48.9 cm³/mol. The lowest BCUT2D eigenvalue weighted by molar-refractivity contribution is 1.47. The molecule has 4 heteroatoms. The van der Waals surface area contributed by atoms with Gasteiger partial charge in [-0.1, -0.05) is 0 Å². The molecule has 0 amide bonds. The summed E-state index contributed by atoms with van der Waals surface area (Å²) < 4.78 is 1.09. The van der Waals surface area contributed by atoms with Gasteiger partial charge in [-0.3, -0.25) is 5.32 Å². The maximum Gasteiger partial charge on any atom is 0.181 e. The first kappa shape index (κ1) is 7.07. The summed E-state index contributed by atoms with van der Waals surface area (Å²) in [4.78, 5) is 4.13. The van der Waals surface area contributed by atoms with E-state index in [0.717, 1.165) is 15.9 Å². The molecule has 2 aromatic rings. The monoisotopic (exact) mass is 175 g/mol. The summed E-state index contributed by atoms with van der Waals surface area (Å²) in [5.41, 5.74) is 3.58. The molecule has 0 radical (unpaired) electrons. The number of rotatable bonds is 1. The average Bonchev–Trinajstić information content (AvgIpc) is 2.51. The minimum atomic E-state index is 0.814. The fourth-order valence-corrected chi connectivity index (χ4v) is 1.71. The molecule has 0 saturated carbocycles. The number of benzene rings is 1. The van der Waals surface area contributed by atoms with Gasteiger partial charge in [-0.15, -0.1) is 11.3 Å². The van der Waals surface area contributed by atoms with Crippen molar-refractivity contribution in [2.75, 3.05) is 5.32 Å². The van der Waals surface area contributed by atoms with Crippen molar-refractivity contribution in [2.45, 2.75) is 0 Å². The Kier molecular flexibility index (Phi) is 1.65. The van der Waals surface area contributed by atoms with Crippen molar-refractivity contribution >= 4 is 27.2 Å². The van der Waals surface area contributed by atoms with Crippen molar-refractivity contribution in [3.05, 3.63) is 23.7 Å². The highest BCUT2D eigenvalue weighted by molar-refractivity contribution is 7.16. The Bertz CT molecular complexity index is 441. The number of nitrogens with zero attached hydrogens (tertiary/aromatic N) is 2. The number of fused-ring (bicyclic) bond motifs is 1. The number of hydrogen-bond donors (Lipinski definition) is 1. The first-order valence-corrected chi connectivity index (χ1v) is 4.26. The summed E-state index contributed by atoms with van der Waals surface area (Å²) >= 11 is 1.57. The second-order valence-corrected chi connectivity index (χ2v) is 3.16. The Labute approximate surface area is 73.3 Å². The van der Waals surface area contributed by atoms with Crippen LogP contribution in [0.2, 0.25) is 0 Å². The van der Waals surface area contributed by atoms with E-state index in [9.17, 15) is 0 Å². The second kappa shape index (κ2) is 2.80. The van der Waals surface area contributed by atoms with E-state index < -0.39 is 0 Å². The third-order valence-corrected chi connectivity index (χ3v) is 2.32. The molecule has 1 heterocycles. The largest absolute Gasteiger partial charge is 0.293 e. The van der Waals surface area contributed by atoms with Crippen LogP contribution in [0.4, 0.5) is 5.69 Å². The first-order chi connectivity index (χ1) is 5.90. The molecule has 0 aliphatic rings. The summed E-state index contributed by atoms with van der Waals surface area (Å²) in [6.07, 6.45) is 1.88. The molecule has 0 aliphatic heterocycles. The van der Waals surface area contributed by atoms with Gasteiger partial charge in [-0.25, -0.2) is 4.98 Å². The molecule has 58 valence electrons. The van der Waals surface area contributed by atoms with Crippen molar-refractivity contribution in [2.24, 2.45) is 0 Å². The van der Waals surface area contributed by atoms with Gasteiger partial charge in [-0.05, 0) is 18.2 Å². The van der Waals surface area contributed by atoms with Gasteiger partial charge in [0.1, 0.15) is 0 Å². The third-order valence-electron chi connectivity index (χ3n) is 1.53. The van der Waals surface area contributed by atoms with Crippen LogP contribution in [0.1, 0.15) is 0 Å². The van der Waals surface area contributed by atoms with Gasteiger partial charge in [-0.2, -0.15) is 5.26 Å². The van der Waals surface area contributed by atoms with Crippen LogP contribution in [-0.2, 0) is 0 Å². The Morgan fingerprint density at radius 1 is 1.50 bits per heavy atom. The van der Waals surface area contributed by atoms with Crippen LogP contribution in [0.5, 0.6) is 0 Å². The van der Waals surface area contributed by atoms with Gasteiger partial charge >= 0.3 is 0 Å². The smallest absolute Gasteiger partial charge is 0.181 e. The Balaban J connectivity index is 2.54. The number of aromatic nitrogens is 1. The number of thiazole rings is 1. The molecule has 1 N–H and O–H groups in total. The van der Waals surface area contributed by atoms with Crippen molar-refractivity contribution in [1.29, 1.82) is 5.26 Å². The fourth-order valence-electron chi connectivity index (χ4n) is 0.997. The number of nitrogens with one attached hydrogen (secondary N) is 1. The summed E-state index contributed by atoms with van der Waals surface area (Å²) in [7, 11) is 0. The molecule has 0 bridgehead atoms. The zero-order valence-corrected chi connectivity index (χ0v) is 6.93. The van der Waals surface area contributed by atoms with E-state index in [-0.39, 0.29) is 0 Å². The van der Waals surface area contributed by atoms with Gasteiger partial charge in [0.2, 0.25) is 0 Å². The molecule has 0 saturated heterocycles. The lowest BCUT2D eigenvalue weighted by Gasteiger charge is -1.94. The lowest BCUT2D eigenvalue weighted by Crippen LogP contribution is -1.85. The minimum absolute atomic E-state index is 0.814. The molecule has 0 spiro atoms. The molecule has 0 unspecified atom stereocenters. The highest BCUT2D eigenvalue weighted by Gasteiger charge is 1.96. The van der Waals surface area contributed by atoms with Crippen LogP contribution in [0.25, 0.3) is 10.2 Å². The standard InChI is InChI=1S/C8H5N3S/c9-4-10-6-1-2-7-8(3-6)12-5-11-7/h1-3,5,10H. The Morgan fingerprint density at radius 2 is 2.42 bits per heavy atom. The van der Waals surface area contributed by atoms with E-state index in [1.165, 1.54) is 0 Å². The Morgan fingerprint density at radius 3 is 3.25 bits per heavy atom. The third kappa shape index (κ3) is 1.11.